The van der Waals surface area contributed by atoms with Gasteiger partial charge in [0, 0.05) is 30.2 Å². The molecule has 4 aromatic rings. The van der Waals surface area contributed by atoms with Gasteiger partial charge in [-0.3, -0.25) is 9.78 Å². The molecule has 0 radical (unpaired) electrons. The maximum atomic E-state index is 11.9. The van der Waals surface area contributed by atoms with Crippen molar-refractivity contribution >= 4 is 57.8 Å². The van der Waals surface area contributed by atoms with Crippen molar-refractivity contribution in [1.29, 1.82) is 0 Å². The van der Waals surface area contributed by atoms with Crippen LogP contribution in [-0.2, 0) is 9.53 Å². The third-order valence-electron chi connectivity index (χ3n) is 5.93. The summed E-state index contributed by atoms with van der Waals surface area (Å²) in [7, 11) is 1.48. The Hall–Kier alpha value is -3.43. The number of ether oxygens (including phenoxy) is 1. The van der Waals surface area contributed by atoms with Crippen molar-refractivity contribution < 1.29 is 13.9 Å². The van der Waals surface area contributed by atoms with E-state index in [2.05, 4.69) is 15.6 Å². The SMILES string of the molecule is COCC(=O)Nc1ccc(N2C(=S)N[C@H](c3ccccn3)[C@@H]2c2ccc(-c3ccc(Cl)c(Cl)c3)o2)cc1. The van der Waals surface area contributed by atoms with Gasteiger partial charge in [-0.05, 0) is 78.9 Å². The van der Waals surface area contributed by atoms with Crippen LogP contribution in [0.25, 0.3) is 11.3 Å². The van der Waals surface area contributed by atoms with Gasteiger partial charge in [0.2, 0.25) is 5.91 Å². The number of benzene rings is 2. The van der Waals surface area contributed by atoms with E-state index in [0.29, 0.717) is 32.4 Å². The minimum absolute atomic E-state index is 0.0185. The number of pyridine rings is 1. The minimum atomic E-state index is -0.326. The highest BCUT2D eigenvalue weighted by Gasteiger charge is 2.42. The molecule has 1 saturated heterocycles. The van der Waals surface area contributed by atoms with Gasteiger partial charge in [-0.25, -0.2) is 0 Å². The van der Waals surface area contributed by atoms with Crippen LogP contribution in [0.1, 0.15) is 23.5 Å². The Balaban J connectivity index is 1.51. The summed E-state index contributed by atoms with van der Waals surface area (Å²) < 4.78 is 11.2. The number of methoxy groups -OCH3 is 1. The molecule has 0 unspecified atom stereocenters. The normalized spacial score (nSPS) is 17.1. The van der Waals surface area contributed by atoms with Crippen molar-refractivity contribution in [2.24, 2.45) is 0 Å². The van der Waals surface area contributed by atoms with Crippen LogP contribution < -0.4 is 15.5 Å². The number of hydrogen-bond acceptors (Lipinski definition) is 5. The van der Waals surface area contributed by atoms with Crippen molar-refractivity contribution in [3.63, 3.8) is 0 Å². The fraction of sp³-hybridized carbons (Fsp3) is 0.148. The Morgan fingerprint density at radius 1 is 1.11 bits per heavy atom. The van der Waals surface area contributed by atoms with Gasteiger partial charge >= 0.3 is 0 Å². The summed E-state index contributed by atoms with van der Waals surface area (Å²) in [6.07, 6.45) is 1.75. The number of rotatable bonds is 7. The number of nitrogens with zero attached hydrogens (tertiary/aromatic N) is 2. The molecule has 2 aromatic carbocycles. The zero-order chi connectivity index (χ0) is 25.9. The van der Waals surface area contributed by atoms with Crippen molar-refractivity contribution in [3.05, 3.63) is 100 Å². The first-order valence-corrected chi connectivity index (χ1v) is 12.6. The van der Waals surface area contributed by atoms with E-state index >= 15 is 0 Å². The zero-order valence-corrected chi connectivity index (χ0v) is 22.0. The highest BCUT2D eigenvalue weighted by Crippen LogP contribution is 2.43. The maximum absolute atomic E-state index is 11.9. The van der Waals surface area contributed by atoms with Crippen molar-refractivity contribution in [1.82, 2.24) is 10.3 Å². The average molecular weight is 553 g/mol. The summed E-state index contributed by atoms with van der Waals surface area (Å²) in [5, 5.41) is 7.67. The molecule has 1 aliphatic rings. The van der Waals surface area contributed by atoms with E-state index in [-0.39, 0.29) is 24.6 Å². The van der Waals surface area contributed by atoms with Crippen LogP contribution in [0.5, 0.6) is 0 Å². The zero-order valence-electron chi connectivity index (χ0n) is 19.7. The molecule has 7 nitrogen and oxygen atoms in total. The molecule has 10 heteroatoms. The fourth-order valence-electron chi connectivity index (χ4n) is 4.27. The number of thiocarbonyl (C=S) groups is 1. The summed E-state index contributed by atoms with van der Waals surface area (Å²) in [5.41, 5.74) is 3.12. The van der Waals surface area contributed by atoms with Crippen LogP contribution >= 0.6 is 35.4 Å². The third-order valence-corrected chi connectivity index (χ3v) is 6.98. The van der Waals surface area contributed by atoms with Crippen LogP contribution in [0.15, 0.2) is 83.4 Å². The Bertz CT molecular complexity index is 1430. The number of hydrogen-bond donors (Lipinski definition) is 2. The number of aromatic nitrogens is 1. The summed E-state index contributed by atoms with van der Waals surface area (Å²) in [5.74, 6) is 1.12. The van der Waals surface area contributed by atoms with E-state index in [1.54, 1.807) is 18.3 Å². The van der Waals surface area contributed by atoms with Gasteiger partial charge in [0.15, 0.2) is 5.11 Å². The molecule has 2 aromatic heterocycles. The number of carbonyl (C=O) groups excluding carboxylic acids is 1. The molecule has 5 rings (SSSR count). The second kappa shape index (κ2) is 10.9. The lowest BCUT2D eigenvalue weighted by Crippen LogP contribution is -2.29. The number of furan rings is 1. The van der Waals surface area contributed by atoms with Gasteiger partial charge in [-0.1, -0.05) is 29.3 Å². The Morgan fingerprint density at radius 3 is 2.62 bits per heavy atom. The molecule has 2 N–H and O–H groups in total. The maximum Gasteiger partial charge on any atom is 0.250 e. The van der Waals surface area contributed by atoms with Crippen molar-refractivity contribution in [2.75, 3.05) is 23.9 Å². The number of halogens is 2. The van der Waals surface area contributed by atoms with Gasteiger partial charge in [0.05, 0.1) is 21.8 Å². The lowest BCUT2D eigenvalue weighted by atomic mass is 10.0. The molecule has 37 heavy (non-hydrogen) atoms. The number of carbonyl (C=O) groups is 1. The molecule has 1 amide bonds. The van der Waals surface area contributed by atoms with E-state index in [1.807, 2.05) is 65.6 Å². The van der Waals surface area contributed by atoms with Gasteiger partial charge in [-0.2, -0.15) is 0 Å². The first kappa shape index (κ1) is 25.2. The molecule has 0 saturated carbocycles. The number of anilines is 2. The van der Waals surface area contributed by atoms with E-state index in [0.717, 1.165) is 16.9 Å². The highest BCUT2D eigenvalue weighted by atomic mass is 35.5. The lowest BCUT2D eigenvalue weighted by Gasteiger charge is -2.26. The van der Waals surface area contributed by atoms with E-state index in [1.165, 1.54) is 7.11 Å². The topological polar surface area (TPSA) is 79.6 Å². The molecule has 0 spiro atoms. The third kappa shape index (κ3) is 5.33. The second-order valence-electron chi connectivity index (χ2n) is 8.36. The Morgan fingerprint density at radius 2 is 1.92 bits per heavy atom. The minimum Gasteiger partial charge on any atom is -0.459 e. The molecule has 2 atom stereocenters. The highest BCUT2D eigenvalue weighted by molar-refractivity contribution is 7.80. The summed E-state index contributed by atoms with van der Waals surface area (Å²) in [6, 6.07) is 21.8. The molecule has 0 bridgehead atoms. The smallest absolute Gasteiger partial charge is 0.250 e. The van der Waals surface area contributed by atoms with Gasteiger partial charge in [0.1, 0.15) is 24.2 Å². The number of amides is 1. The van der Waals surface area contributed by atoms with E-state index in [4.69, 9.17) is 44.6 Å². The van der Waals surface area contributed by atoms with E-state index in [9.17, 15) is 4.79 Å². The lowest BCUT2D eigenvalue weighted by molar-refractivity contribution is -0.119. The van der Waals surface area contributed by atoms with Crippen LogP contribution in [0.3, 0.4) is 0 Å². The Kier molecular flexibility index (Phi) is 7.43. The summed E-state index contributed by atoms with van der Waals surface area (Å²) in [4.78, 5) is 18.4. The predicted octanol–water partition coefficient (Wildman–Crippen LogP) is 6.41. The van der Waals surface area contributed by atoms with Crippen LogP contribution in [0, 0.1) is 0 Å². The molecule has 188 valence electrons. The monoisotopic (exact) mass is 552 g/mol. The summed E-state index contributed by atoms with van der Waals surface area (Å²) >= 11 is 18.1. The van der Waals surface area contributed by atoms with Crippen LogP contribution in [-0.4, -0.2) is 29.7 Å². The fourth-order valence-corrected chi connectivity index (χ4v) is 4.92. The van der Waals surface area contributed by atoms with Crippen molar-refractivity contribution in [2.45, 2.75) is 12.1 Å². The second-order valence-corrected chi connectivity index (χ2v) is 9.56. The summed E-state index contributed by atoms with van der Waals surface area (Å²) in [6.45, 7) is -0.0185. The Labute approximate surface area is 229 Å². The molecular formula is C27H22Cl2N4O3S. The molecule has 1 fully saturated rings. The van der Waals surface area contributed by atoms with Crippen LogP contribution in [0.4, 0.5) is 11.4 Å². The molecule has 3 heterocycles. The largest absolute Gasteiger partial charge is 0.459 e. The standard InChI is InChI=1S/C27H22Cl2N4O3S/c1-35-15-24(34)31-17-6-8-18(9-7-17)33-26(25(32-27(33)37)21-4-2-3-13-30-21)23-12-11-22(36-23)16-5-10-19(28)20(29)14-16/h2-14,25-26H,15H2,1H3,(H,31,34)(H,32,37)/t25-,26+/m1/s1. The molecule has 0 aliphatic carbocycles. The molecule has 1 aliphatic heterocycles. The predicted molar refractivity (Wildman–Crippen MR) is 149 cm³/mol. The first-order chi connectivity index (χ1) is 17.9. The van der Waals surface area contributed by atoms with Crippen molar-refractivity contribution in [3.8, 4) is 11.3 Å². The van der Waals surface area contributed by atoms with Crippen LogP contribution in [0.2, 0.25) is 10.0 Å². The van der Waals surface area contributed by atoms with Gasteiger partial charge in [0.25, 0.3) is 0 Å². The van der Waals surface area contributed by atoms with Gasteiger partial charge in [-0.15, -0.1) is 0 Å². The quantitative estimate of drug-likeness (QED) is 0.256. The first-order valence-electron chi connectivity index (χ1n) is 11.4. The average Bonchev–Trinajstić information content (AvgIpc) is 3.51. The molecular weight excluding hydrogens is 531 g/mol. The van der Waals surface area contributed by atoms with E-state index < -0.39 is 0 Å². The number of nitrogens with one attached hydrogen (secondary N) is 2. The van der Waals surface area contributed by atoms with Gasteiger partial charge < -0.3 is 24.7 Å².